The quantitative estimate of drug-likeness (QED) is 0.625. The van der Waals surface area contributed by atoms with Crippen molar-refractivity contribution in [3.8, 4) is 0 Å². The van der Waals surface area contributed by atoms with Gasteiger partial charge in [-0.05, 0) is 24.6 Å². The predicted molar refractivity (Wildman–Crippen MR) is 69.5 cm³/mol. The molecule has 0 aliphatic rings. The first-order valence-corrected chi connectivity index (χ1v) is 5.92. The van der Waals surface area contributed by atoms with E-state index < -0.39 is 5.97 Å². The summed E-state index contributed by atoms with van der Waals surface area (Å²) in [6, 6.07) is 12.6. The van der Waals surface area contributed by atoms with Gasteiger partial charge in [-0.1, -0.05) is 41.9 Å². The molecular formula is C14H12ClNO2. The number of carbonyl (C=O) groups excluding carboxylic acids is 1. The summed E-state index contributed by atoms with van der Waals surface area (Å²) in [5, 5.41) is 0.275. The molecule has 18 heavy (non-hydrogen) atoms. The molecule has 0 amide bonds. The Bertz CT molecular complexity index is 543. The van der Waals surface area contributed by atoms with Crippen LogP contribution in [0, 0.1) is 0 Å². The van der Waals surface area contributed by atoms with Gasteiger partial charge in [-0.25, -0.2) is 9.78 Å². The van der Waals surface area contributed by atoms with Crippen LogP contribution in [0.3, 0.4) is 0 Å². The van der Waals surface area contributed by atoms with Crippen molar-refractivity contribution in [2.45, 2.75) is 13.0 Å². The zero-order valence-corrected chi connectivity index (χ0v) is 10.6. The largest absolute Gasteiger partial charge is 0.454 e. The SMILES string of the molecule is CC(OC(=O)c1ccnc(Cl)c1)c1ccccc1. The standard InChI is InChI=1S/C14H12ClNO2/c1-10(11-5-3-2-4-6-11)18-14(17)12-7-8-16-13(15)9-12/h2-10H,1H3. The lowest BCUT2D eigenvalue weighted by Gasteiger charge is -2.13. The molecule has 2 aromatic rings. The third-order valence-corrected chi connectivity index (χ3v) is 2.72. The van der Waals surface area contributed by atoms with Crippen molar-refractivity contribution in [1.82, 2.24) is 4.98 Å². The molecule has 0 N–H and O–H groups in total. The van der Waals surface area contributed by atoms with Crippen molar-refractivity contribution in [3.05, 3.63) is 64.9 Å². The van der Waals surface area contributed by atoms with Crippen LogP contribution in [0.25, 0.3) is 0 Å². The van der Waals surface area contributed by atoms with Crippen molar-refractivity contribution < 1.29 is 9.53 Å². The minimum atomic E-state index is -0.407. The van der Waals surface area contributed by atoms with Gasteiger partial charge in [0, 0.05) is 6.20 Å². The van der Waals surface area contributed by atoms with Crippen molar-refractivity contribution in [3.63, 3.8) is 0 Å². The Kier molecular flexibility index (Phi) is 3.95. The van der Waals surface area contributed by atoms with E-state index in [4.69, 9.17) is 16.3 Å². The second-order valence-corrected chi connectivity index (χ2v) is 4.21. The van der Waals surface area contributed by atoms with Crippen molar-refractivity contribution in [2.24, 2.45) is 0 Å². The molecule has 4 heteroatoms. The van der Waals surface area contributed by atoms with Crippen LogP contribution in [-0.4, -0.2) is 11.0 Å². The third-order valence-electron chi connectivity index (χ3n) is 2.52. The number of hydrogen-bond acceptors (Lipinski definition) is 3. The Labute approximate surface area is 110 Å². The number of pyridine rings is 1. The van der Waals surface area contributed by atoms with Gasteiger partial charge in [0.05, 0.1) is 5.56 Å². The smallest absolute Gasteiger partial charge is 0.338 e. The zero-order chi connectivity index (χ0) is 13.0. The fraction of sp³-hybridized carbons (Fsp3) is 0.143. The lowest BCUT2D eigenvalue weighted by molar-refractivity contribution is 0.0338. The molecule has 1 unspecified atom stereocenters. The van der Waals surface area contributed by atoms with E-state index in [1.54, 1.807) is 6.07 Å². The monoisotopic (exact) mass is 261 g/mol. The molecule has 0 radical (unpaired) electrons. The minimum Gasteiger partial charge on any atom is -0.454 e. The van der Waals surface area contributed by atoms with Gasteiger partial charge in [0.15, 0.2) is 0 Å². The molecule has 1 aromatic heterocycles. The van der Waals surface area contributed by atoms with Gasteiger partial charge < -0.3 is 4.74 Å². The minimum absolute atomic E-state index is 0.275. The van der Waals surface area contributed by atoms with Gasteiger partial charge >= 0.3 is 5.97 Å². The summed E-state index contributed by atoms with van der Waals surface area (Å²) in [7, 11) is 0. The fourth-order valence-corrected chi connectivity index (χ4v) is 1.72. The number of benzene rings is 1. The average molecular weight is 262 g/mol. The average Bonchev–Trinajstić information content (AvgIpc) is 2.39. The van der Waals surface area contributed by atoms with Gasteiger partial charge in [-0.2, -0.15) is 0 Å². The second-order valence-electron chi connectivity index (χ2n) is 3.83. The molecule has 92 valence electrons. The first-order chi connectivity index (χ1) is 8.66. The van der Waals surface area contributed by atoms with Gasteiger partial charge in [0.1, 0.15) is 11.3 Å². The number of rotatable bonds is 3. The summed E-state index contributed by atoms with van der Waals surface area (Å²) in [6.45, 7) is 1.83. The van der Waals surface area contributed by atoms with Gasteiger partial charge in [-0.3, -0.25) is 0 Å². The van der Waals surface area contributed by atoms with Crippen LogP contribution >= 0.6 is 11.6 Å². The second kappa shape index (κ2) is 5.65. The predicted octanol–water partition coefficient (Wildman–Crippen LogP) is 3.65. The summed E-state index contributed by atoms with van der Waals surface area (Å²) in [4.78, 5) is 15.7. The number of aromatic nitrogens is 1. The van der Waals surface area contributed by atoms with E-state index >= 15 is 0 Å². The molecule has 0 bridgehead atoms. The van der Waals surface area contributed by atoms with Gasteiger partial charge in [-0.15, -0.1) is 0 Å². The lowest BCUT2D eigenvalue weighted by Crippen LogP contribution is -2.09. The summed E-state index contributed by atoms with van der Waals surface area (Å²) in [5.41, 5.74) is 1.35. The van der Waals surface area contributed by atoms with Gasteiger partial charge in [0.25, 0.3) is 0 Å². The van der Waals surface area contributed by atoms with E-state index in [0.717, 1.165) is 5.56 Å². The Morgan fingerprint density at radius 2 is 2.00 bits per heavy atom. The van der Waals surface area contributed by atoms with Crippen molar-refractivity contribution in [2.75, 3.05) is 0 Å². The fourth-order valence-electron chi connectivity index (χ4n) is 1.55. The Morgan fingerprint density at radius 3 is 2.67 bits per heavy atom. The summed E-state index contributed by atoms with van der Waals surface area (Å²) in [5.74, 6) is -0.407. The number of ether oxygens (including phenoxy) is 1. The lowest BCUT2D eigenvalue weighted by atomic mass is 10.1. The maximum absolute atomic E-state index is 11.9. The number of esters is 1. The molecular weight excluding hydrogens is 250 g/mol. The highest BCUT2D eigenvalue weighted by Gasteiger charge is 2.13. The molecule has 0 spiro atoms. The number of carbonyl (C=O) groups is 1. The number of halogens is 1. The van der Waals surface area contributed by atoms with Crippen molar-refractivity contribution >= 4 is 17.6 Å². The van der Waals surface area contributed by atoms with E-state index in [0.29, 0.717) is 5.56 Å². The van der Waals surface area contributed by atoms with Crippen LogP contribution in [0.4, 0.5) is 0 Å². The molecule has 3 nitrogen and oxygen atoms in total. The van der Waals surface area contributed by atoms with Crippen LogP contribution in [0.5, 0.6) is 0 Å². The van der Waals surface area contributed by atoms with E-state index in [-0.39, 0.29) is 11.3 Å². The van der Waals surface area contributed by atoms with E-state index in [1.165, 1.54) is 12.3 Å². The molecule has 0 fully saturated rings. The van der Waals surface area contributed by atoms with Gasteiger partial charge in [0.2, 0.25) is 0 Å². The molecule has 2 rings (SSSR count). The molecule has 1 heterocycles. The molecule has 0 saturated carbocycles. The molecule has 0 aliphatic carbocycles. The highest BCUT2D eigenvalue weighted by atomic mass is 35.5. The van der Waals surface area contributed by atoms with Crippen molar-refractivity contribution in [1.29, 1.82) is 0 Å². The number of hydrogen-bond donors (Lipinski definition) is 0. The highest BCUT2D eigenvalue weighted by molar-refractivity contribution is 6.29. The van der Waals surface area contributed by atoms with Crippen LogP contribution in [-0.2, 0) is 4.74 Å². The van der Waals surface area contributed by atoms with E-state index in [9.17, 15) is 4.79 Å². The van der Waals surface area contributed by atoms with Crippen LogP contribution in [0.15, 0.2) is 48.7 Å². The van der Waals surface area contributed by atoms with E-state index in [1.807, 2.05) is 37.3 Å². The molecule has 1 aromatic carbocycles. The van der Waals surface area contributed by atoms with E-state index in [2.05, 4.69) is 4.98 Å². The summed E-state index contributed by atoms with van der Waals surface area (Å²) < 4.78 is 5.35. The Balaban J connectivity index is 2.08. The highest BCUT2D eigenvalue weighted by Crippen LogP contribution is 2.18. The maximum Gasteiger partial charge on any atom is 0.338 e. The molecule has 1 atom stereocenters. The number of nitrogens with zero attached hydrogens (tertiary/aromatic N) is 1. The first kappa shape index (κ1) is 12.6. The first-order valence-electron chi connectivity index (χ1n) is 5.54. The Morgan fingerprint density at radius 1 is 1.28 bits per heavy atom. The normalized spacial score (nSPS) is 11.9. The van der Waals surface area contributed by atoms with Crippen LogP contribution < -0.4 is 0 Å². The zero-order valence-electron chi connectivity index (χ0n) is 9.84. The van der Waals surface area contributed by atoms with Crippen LogP contribution in [0.2, 0.25) is 5.15 Å². The third kappa shape index (κ3) is 3.08. The van der Waals surface area contributed by atoms with Crippen LogP contribution in [0.1, 0.15) is 28.9 Å². The maximum atomic E-state index is 11.9. The summed E-state index contributed by atoms with van der Waals surface area (Å²) >= 11 is 5.72. The summed E-state index contributed by atoms with van der Waals surface area (Å²) in [6.07, 6.45) is 1.18. The molecule has 0 saturated heterocycles. The Hall–Kier alpha value is -1.87. The topological polar surface area (TPSA) is 39.2 Å². The molecule has 0 aliphatic heterocycles.